The summed E-state index contributed by atoms with van der Waals surface area (Å²) in [6, 6.07) is 7.89. The van der Waals surface area contributed by atoms with Crippen LogP contribution in [0.2, 0.25) is 0 Å². The highest BCUT2D eigenvalue weighted by Gasteiger charge is 2.20. The number of benzene rings is 1. The predicted molar refractivity (Wildman–Crippen MR) is 101 cm³/mol. The normalized spacial score (nSPS) is 15.6. The Kier molecular flexibility index (Phi) is 3.64. The minimum absolute atomic E-state index is 0.0747. The van der Waals surface area contributed by atoms with E-state index < -0.39 is 0 Å². The lowest BCUT2D eigenvalue weighted by Crippen LogP contribution is -2.33. The van der Waals surface area contributed by atoms with Gasteiger partial charge in [0.1, 0.15) is 6.33 Å². The smallest absolute Gasteiger partial charge is 0.317 e. The van der Waals surface area contributed by atoms with Crippen LogP contribution in [0.3, 0.4) is 0 Å². The van der Waals surface area contributed by atoms with E-state index in [1.165, 1.54) is 6.33 Å². The number of nitrogens with one attached hydrogen (secondary N) is 2. The van der Waals surface area contributed by atoms with E-state index in [9.17, 15) is 9.59 Å². The van der Waals surface area contributed by atoms with E-state index in [1.54, 1.807) is 10.6 Å². The molecule has 0 aliphatic carbocycles. The summed E-state index contributed by atoms with van der Waals surface area (Å²) in [5.41, 5.74) is 4.38. The number of rotatable bonds is 3. The van der Waals surface area contributed by atoms with Crippen molar-refractivity contribution in [3.8, 4) is 11.1 Å². The maximum absolute atomic E-state index is 12.5. The number of hydrogen-bond donors (Lipinski definition) is 2. The zero-order valence-corrected chi connectivity index (χ0v) is 14.6. The zero-order chi connectivity index (χ0) is 18.4. The largest absolute Gasteiger partial charge is 0.326 e. The third-order valence-electron chi connectivity index (χ3n) is 5.25. The van der Waals surface area contributed by atoms with E-state index in [0.717, 1.165) is 54.4 Å². The van der Waals surface area contributed by atoms with Gasteiger partial charge in [-0.1, -0.05) is 6.07 Å². The van der Waals surface area contributed by atoms with Crippen LogP contribution < -0.4 is 11.0 Å². The zero-order valence-electron chi connectivity index (χ0n) is 14.6. The SMILES string of the molecule is O=Cc1cc(-c2ccc3c(c2)[nH]c(=O)n3C2CCNCC2)cn2ncnc12. The Labute approximate surface area is 153 Å². The number of nitrogens with zero attached hydrogens (tertiary/aromatic N) is 4. The number of imidazole rings is 1. The van der Waals surface area contributed by atoms with Crippen LogP contribution in [-0.2, 0) is 0 Å². The summed E-state index contributed by atoms with van der Waals surface area (Å²) >= 11 is 0. The molecule has 0 amide bonds. The topological polar surface area (TPSA) is 97.1 Å². The van der Waals surface area contributed by atoms with Crippen molar-refractivity contribution in [1.29, 1.82) is 0 Å². The Hall–Kier alpha value is -3.26. The fraction of sp³-hybridized carbons (Fsp3) is 0.263. The van der Waals surface area contributed by atoms with Gasteiger partial charge in [0.2, 0.25) is 0 Å². The van der Waals surface area contributed by atoms with Crippen molar-refractivity contribution in [3.05, 3.63) is 52.8 Å². The Bertz CT molecular complexity index is 1210. The van der Waals surface area contributed by atoms with Gasteiger partial charge in [0.15, 0.2) is 11.9 Å². The van der Waals surface area contributed by atoms with Gasteiger partial charge in [-0.2, -0.15) is 5.10 Å². The molecule has 1 saturated heterocycles. The summed E-state index contributed by atoms with van der Waals surface area (Å²) < 4.78 is 3.46. The molecule has 136 valence electrons. The molecular formula is C19H18N6O2. The first-order chi connectivity index (χ1) is 13.2. The van der Waals surface area contributed by atoms with Gasteiger partial charge >= 0.3 is 5.69 Å². The second kappa shape index (κ2) is 6.17. The molecule has 2 N–H and O–H groups in total. The van der Waals surface area contributed by atoms with Crippen LogP contribution in [-0.4, -0.2) is 43.5 Å². The first-order valence-electron chi connectivity index (χ1n) is 8.98. The summed E-state index contributed by atoms with van der Waals surface area (Å²) in [6.45, 7) is 1.85. The average Bonchev–Trinajstić information content (AvgIpc) is 3.30. The monoisotopic (exact) mass is 362 g/mol. The summed E-state index contributed by atoms with van der Waals surface area (Å²) in [4.78, 5) is 31.0. The number of carbonyl (C=O) groups excluding carboxylic acids is 1. The number of aromatic amines is 1. The minimum atomic E-state index is -0.0747. The number of hydrogen-bond acceptors (Lipinski definition) is 5. The maximum Gasteiger partial charge on any atom is 0.326 e. The van der Waals surface area contributed by atoms with Crippen LogP contribution in [0, 0.1) is 0 Å². The highest BCUT2D eigenvalue weighted by Crippen LogP contribution is 2.27. The van der Waals surface area contributed by atoms with Gasteiger partial charge in [0.25, 0.3) is 0 Å². The summed E-state index contributed by atoms with van der Waals surface area (Å²) in [6.07, 6.45) is 5.92. The molecule has 8 nitrogen and oxygen atoms in total. The van der Waals surface area contributed by atoms with Crippen molar-refractivity contribution in [2.75, 3.05) is 13.1 Å². The number of pyridine rings is 1. The number of carbonyl (C=O) groups is 1. The number of aromatic nitrogens is 5. The van der Waals surface area contributed by atoms with Gasteiger partial charge in [0, 0.05) is 17.8 Å². The fourth-order valence-corrected chi connectivity index (χ4v) is 3.93. The Morgan fingerprint density at radius 1 is 1.15 bits per heavy atom. The van der Waals surface area contributed by atoms with E-state index in [-0.39, 0.29) is 11.7 Å². The van der Waals surface area contributed by atoms with E-state index >= 15 is 0 Å². The van der Waals surface area contributed by atoms with Crippen molar-refractivity contribution < 1.29 is 4.79 Å². The molecule has 0 spiro atoms. The van der Waals surface area contributed by atoms with E-state index in [4.69, 9.17) is 0 Å². The first kappa shape index (κ1) is 16.0. The van der Waals surface area contributed by atoms with Gasteiger partial charge in [-0.25, -0.2) is 14.3 Å². The fourth-order valence-electron chi connectivity index (χ4n) is 3.93. The molecule has 27 heavy (non-hydrogen) atoms. The lowest BCUT2D eigenvalue weighted by atomic mass is 10.0. The molecule has 8 heteroatoms. The summed E-state index contributed by atoms with van der Waals surface area (Å²) in [5.74, 6) is 0. The van der Waals surface area contributed by atoms with Crippen LogP contribution >= 0.6 is 0 Å². The van der Waals surface area contributed by atoms with Crippen molar-refractivity contribution in [1.82, 2.24) is 29.5 Å². The lowest BCUT2D eigenvalue weighted by Gasteiger charge is -2.23. The molecule has 0 atom stereocenters. The molecule has 0 radical (unpaired) electrons. The third kappa shape index (κ3) is 2.57. The predicted octanol–water partition coefficient (Wildman–Crippen LogP) is 1.78. The van der Waals surface area contributed by atoms with Crippen LogP contribution in [0.15, 0.2) is 41.6 Å². The minimum Gasteiger partial charge on any atom is -0.317 e. The number of piperidine rings is 1. The quantitative estimate of drug-likeness (QED) is 0.542. The van der Waals surface area contributed by atoms with Crippen LogP contribution in [0.1, 0.15) is 29.2 Å². The molecule has 0 bridgehead atoms. The first-order valence-corrected chi connectivity index (χ1v) is 8.98. The van der Waals surface area contributed by atoms with Crippen molar-refractivity contribution in [2.45, 2.75) is 18.9 Å². The summed E-state index contributed by atoms with van der Waals surface area (Å²) in [7, 11) is 0. The molecule has 4 aromatic rings. The maximum atomic E-state index is 12.5. The van der Waals surface area contributed by atoms with E-state index in [1.807, 2.05) is 29.0 Å². The second-order valence-electron chi connectivity index (χ2n) is 6.84. The van der Waals surface area contributed by atoms with Crippen molar-refractivity contribution >= 4 is 23.0 Å². The Morgan fingerprint density at radius 3 is 2.81 bits per heavy atom. The molecule has 1 aliphatic rings. The highest BCUT2D eigenvalue weighted by molar-refractivity contribution is 5.88. The third-order valence-corrected chi connectivity index (χ3v) is 5.25. The van der Waals surface area contributed by atoms with Gasteiger partial charge in [-0.3, -0.25) is 9.36 Å². The Morgan fingerprint density at radius 2 is 2.00 bits per heavy atom. The highest BCUT2D eigenvalue weighted by atomic mass is 16.1. The number of H-pyrrole nitrogens is 1. The van der Waals surface area contributed by atoms with Crippen LogP contribution in [0.4, 0.5) is 0 Å². The molecule has 1 fully saturated rings. The van der Waals surface area contributed by atoms with Crippen molar-refractivity contribution in [2.24, 2.45) is 0 Å². The average molecular weight is 362 g/mol. The van der Waals surface area contributed by atoms with Crippen molar-refractivity contribution in [3.63, 3.8) is 0 Å². The van der Waals surface area contributed by atoms with Gasteiger partial charge in [-0.15, -0.1) is 0 Å². The number of aldehydes is 1. The lowest BCUT2D eigenvalue weighted by molar-refractivity contribution is 0.112. The van der Waals surface area contributed by atoms with Gasteiger partial charge < -0.3 is 10.3 Å². The summed E-state index contributed by atoms with van der Waals surface area (Å²) in [5, 5.41) is 7.46. The molecule has 1 aromatic carbocycles. The van der Waals surface area contributed by atoms with Crippen LogP contribution in [0.5, 0.6) is 0 Å². The molecule has 1 aliphatic heterocycles. The standard InChI is InChI=1S/C19H18N6O2/c26-10-14-7-13(9-24-18(14)21-11-22-24)12-1-2-17-16(8-12)23-19(27)25(17)15-3-5-20-6-4-15/h1-2,7-11,15,20H,3-6H2,(H,23,27). The molecule has 4 heterocycles. The molecular weight excluding hydrogens is 344 g/mol. The molecule has 0 unspecified atom stereocenters. The van der Waals surface area contributed by atoms with Gasteiger partial charge in [-0.05, 0) is 49.7 Å². The number of fused-ring (bicyclic) bond motifs is 2. The second-order valence-corrected chi connectivity index (χ2v) is 6.84. The molecule has 5 rings (SSSR count). The Balaban J connectivity index is 1.63. The van der Waals surface area contributed by atoms with Crippen LogP contribution in [0.25, 0.3) is 27.8 Å². The molecule has 0 saturated carbocycles. The molecule has 3 aromatic heterocycles. The van der Waals surface area contributed by atoms with E-state index in [0.29, 0.717) is 11.2 Å². The van der Waals surface area contributed by atoms with E-state index in [2.05, 4.69) is 20.4 Å². The van der Waals surface area contributed by atoms with Gasteiger partial charge in [0.05, 0.1) is 16.6 Å².